The van der Waals surface area contributed by atoms with Crippen molar-refractivity contribution < 1.29 is 9.59 Å². The average molecular weight is 279 g/mol. The molecule has 0 aliphatic carbocycles. The minimum Gasteiger partial charge on any atom is -0.368 e. The smallest absolute Gasteiger partial charge is 0.252 e. The van der Waals surface area contributed by atoms with Crippen molar-refractivity contribution in [3.8, 4) is 6.07 Å². The molecular formula is C16H13N3O2. The van der Waals surface area contributed by atoms with Gasteiger partial charge in [-0.1, -0.05) is 30.3 Å². The van der Waals surface area contributed by atoms with Gasteiger partial charge in [0, 0.05) is 5.56 Å². The number of nitriles is 1. The molecule has 0 bridgehead atoms. The average Bonchev–Trinajstić information content (AvgIpc) is 2.53. The zero-order chi connectivity index (χ0) is 15.2. The normalized spacial score (nSPS) is 11.2. The van der Waals surface area contributed by atoms with Gasteiger partial charge < -0.3 is 11.1 Å². The van der Waals surface area contributed by atoms with Crippen LogP contribution in [-0.4, -0.2) is 11.8 Å². The highest BCUT2D eigenvalue weighted by Gasteiger charge is 2.20. The molecule has 0 saturated heterocycles. The lowest BCUT2D eigenvalue weighted by molar-refractivity contribution is -0.120. The Morgan fingerprint density at radius 2 is 1.67 bits per heavy atom. The number of nitrogens with two attached hydrogens (primary N) is 1. The van der Waals surface area contributed by atoms with Gasteiger partial charge in [0.15, 0.2) is 0 Å². The van der Waals surface area contributed by atoms with Crippen LogP contribution in [0.4, 0.5) is 0 Å². The molecule has 0 aromatic heterocycles. The summed E-state index contributed by atoms with van der Waals surface area (Å²) in [5.41, 5.74) is 6.78. The molecule has 0 aliphatic rings. The first-order chi connectivity index (χ1) is 10.1. The number of rotatable bonds is 4. The van der Waals surface area contributed by atoms with Gasteiger partial charge in [-0.3, -0.25) is 9.59 Å². The molecule has 2 rings (SSSR count). The highest BCUT2D eigenvalue weighted by atomic mass is 16.2. The van der Waals surface area contributed by atoms with Gasteiger partial charge >= 0.3 is 0 Å². The number of benzene rings is 2. The zero-order valence-electron chi connectivity index (χ0n) is 11.1. The lowest BCUT2D eigenvalue weighted by atomic mass is 10.1. The van der Waals surface area contributed by atoms with E-state index in [2.05, 4.69) is 5.32 Å². The molecule has 1 unspecified atom stereocenters. The molecule has 104 valence electrons. The Labute approximate surface area is 122 Å². The lowest BCUT2D eigenvalue weighted by Crippen LogP contribution is -2.37. The molecule has 5 heteroatoms. The summed E-state index contributed by atoms with van der Waals surface area (Å²) in [6.45, 7) is 0. The Morgan fingerprint density at radius 1 is 1.05 bits per heavy atom. The van der Waals surface area contributed by atoms with Crippen LogP contribution in [0.1, 0.15) is 27.5 Å². The monoisotopic (exact) mass is 279 g/mol. The highest BCUT2D eigenvalue weighted by Crippen LogP contribution is 2.13. The van der Waals surface area contributed by atoms with Crippen molar-refractivity contribution in [2.75, 3.05) is 0 Å². The van der Waals surface area contributed by atoms with E-state index in [0.717, 1.165) is 0 Å². The van der Waals surface area contributed by atoms with Crippen molar-refractivity contribution >= 4 is 11.8 Å². The molecule has 0 aliphatic heterocycles. The molecule has 3 N–H and O–H groups in total. The summed E-state index contributed by atoms with van der Waals surface area (Å²) in [6.07, 6.45) is 0. The number of nitrogens with one attached hydrogen (secondary N) is 1. The molecule has 2 aromatic rings. The van der Waals surface area contributed by atoms with Crippen LogP contribution in [0.25, 0.3) is 0 Å². The molecule has 0 radical (unpaired) electrons. The van der Waals surface area contributed by atoms with E-state index in [1.807, 2.05) is 12.1 Å². The van der Waals surface area contributed by atoms with E-state index in [0.29, 0.717) is 16.7 Å². The SMILES string of the molecule is N#Cc1ccc(C(=O)NC(C(N)=O)c2ccccc2)cc1. The van der Waals surface area contributed by atoms with Crippen molar-refractivity contribution in [3.63, 3.8) is 0 Å². The fourth-order valence-corrected chi connectivity index (χ4v) is 1.87. The maximum absolute atomic E-state index is 12.1. The predicted octanol–water partition coefficient (Wildman–Crippen LogP) is 1.51. The van der Waals surface area contributed by atoms with Crippen LogP contribution in [0.15, 0.2) is 54.6 Å². The van der Waals surface area contributed by atoms with Crippen LogP contribution < -0.4 is 11.1 Å². The number of amides is 2. The van der Waals surface area contributed by atoms with E-state index >= 15 is 0 Å². The molecule has 21 heavy (non-hydrogen) atoms. The van der Waals surface area contributed by atoms with E-state index in [1.165, 1.54) is 24.3 Å². The largest absolute Gasteiger partial charge is 0.368 e. The number of nitrogens with zero attached hydrogens (tertiary/aromatic N) is 1. The Bertz CT molecular complexity index is 688. The number of hydrogen-bond donors (Lipinski definition) is 2. The van der Waals surface area contributed by atoms with Gasteiger partial charge in [-0.05, 0) is 29.8 Å². The second kappa shape index (κ2) is 6.35. The minimum atomic E-state index is -0.894. The van der Waals surface area contributed by atoms with E-state index in [1.54, 1.807) is 24.3 Å². The van der Waals surface area contributed by atoms with Crippen molar-refractivity contribution in [1.29, 1.82) is 5.26 Å². The molecule has 2 amide bonds. The molecule has 0 heterocycles. The summed E-state index contributed by atoms with van der Waals surface area (Å²) in [4.78, 5) is 23.7. The third-order valence-corrected chi connectivity index (χ3v) is 2.97. The van der Waals surface area contributed by atoms with Gasteiger partial charge in [-0.25, -0.2) is 0 Å². The summed E-state index contributed by atoms with van der Waals surface area (Å²) >= 11 is 0. The Balaban J connectivity index is 2.19. The van der Waals surface area contributed by atoms with E-state index in [9.17, 15) is 9.59 Å². The summed E-state index contributed by atoms with van der Waals surface area (Å²) in [6, 6.07) is 16.0. The van der Waals surface area contributed by atoms with Crippen LogP contribution in [0.2, 0.25) is 0 Å². The van der Waals surface area contributed by atoms with Gasteiger partial charge in [0.05, 0.1) is 11.6 Å². The van der Waals surface area contributed by atoms with Gasteiger partial charge in [0.25, 0.3) is 5.91 Å². The Hall–Kier alpha value is -3.13. The van der Waals surface area contributed by atoms with Gasteiger partial charge in [-0.15, -0.1) is 0 Å². The van der Waals surface area contributed by atoms with Crippen LogP contribution in [-0.2, 0) is 4.79 Å². The molecule has 0 spiro atoms. The zero-order valence-corrected chi connectivity index (χ0v) is 11.1. The van der Waals surface area contributed by atoms with Crippen LogP contribution in [0, 0.1) is 11.3 Å². The van der Waals surface area contributed by atoms with Crippen LogP contribution >= 0.6 is 0 Å². The standard InChI is InChI=1S/C16H13N3O2/c17-10-11-6-8-13(9-7-11)16(21)19-14(15(18)20)12-4-2-1-3-5-12/h1-9,14H,(H2,18,20)(H,19,21). The van der Waals surface area contributed by atoms with Crippen molar-refractivity contribution in [1.82, 2.24) is 5.32 Å². The summed E-state index contributed by atoms with van der Waals surface area (Å²) in [7, 11) is 0. The van der Waals surface area contributed by atoms with Crippen LogP contribution in [0.5, 0.6) is 0 Å². The number of hydrogen-bond acceptors (Lipinski definition) is 3. The third kappa shape index (κ3) is 3.45. The number of carbonyl (C=O) groups excluding carboxylic acids is 2. The number of primary amides is 1. The van der Waals surface area contributed by atoms with Crippen molar-refractivity contribution in [3.05, 3.63) is 71.3 Å². The molecule has 0 saturated carbocycles. The van der Waals surface area contributed by atoms with E-state index in [-0.39, 0.29) is 0 Å². The Kier molecular flexibility index (Phi) is 4.32. The van der Waals surface area contributed by atoms with Crippen molar-refractivity contribution in [2.24, 2.45) is 5.73 Å². The van der Waals surface area contributed by atoms with Gasteiger partial charge in [0.1, 0.15) is 6.04 Å². The first kappa shape index (κ1) is 14.3. The molecule has 5 nitrogen and oxygen atoms in total. The first-order valence-electron chi connectivity index (χ1n) is 6.27. The number of carbonyl (C=O) groups is 2. The molecule has 2 aromatic carbocycles. The van der Waals surface area contributed by atoms with Gasteiger partial charge in [0.2, 0.25) is 5.91 Å². The second-order valence-electron chi connectivity index (χ2n) is 4.41. The quantitative estimate of drug-likeness (QED) is 0.888. The van der Waals surface area contributed by atoms with Crippen LogP contribution in [0.3, 0.4) is 0 Å². The van der Waals surface area contributed by atoms with Crippen molar-refractivity contribution in [2.45, 2.75) is 6.04 Å². The fraction of sp³-hybridized carbons (Fsp3) is 0.0625. The Morgan fingerprint density at radius 3 is 2.19 bits per heavy atom. The second-order valence-corrected chi connectivity index (χ2v) is 4.41. The predicted molar refractivity (Wildman–Crippen MR) is 77.0 cm³/mol. The first-order valence-corrected chi connectivity index (χ1v) is 6.27. The fourth-order valence-electron chi connectivity index (χ4n) is 1.87. The molecule has 1 atom stereocenters. The molecule has 0 fully saturated rings. The highest BCUT2D eigenvalue weighted by molar-refractivity contribution is 5.97. The van der Waals surface area contributed by atoms with E-state index < -0.39 is 17.9 Å². The summed E-state index contributed by atoms with van der Waals surface area (Å²) in [5, 5.41) is 11.3. The minimum absolute atomic E-state index is 0.358. The summed E-state index contributed by atoms with van der Waals surface area (Å²) < 4.78 is 0. The molecular weight excluding hydrogens is 266 g/mol. The van der Waals surface area contributed by atoms with E-state index in [4.69, 9.17) is 11.0 Å². The third-order valence-electron chi connectivity index (χ3n) is 2.97. The summed E-state index contributed by atoms with van der Waals surface area (Å²) in [5.74, 6) is -1.06. The maximum Gasteiger partial charge on any atom is 0.252 e. The maximum atomic E-state index is 12.1. The van der Waals surface area contributed by atoms with Gasteiger partial charge in [-0.2, -0.15) is 5.26 Å². The topological polar surface area (TPSA) is 96.0 Å². The lowest BCUT2D eigenvalue weighted by Gasteiger charge is -2.15.